The van der Waals surface area contributed by atoms with Crippen molar-refractivity contribution in [1.29, 1.82) is 0 Å². The molecule has 1 aromatic carbocycles. The fourth-order valence-corrected chi connectivity index (χ4v) is 2.12. The van der Waals surface area contributed by atoms with E-state index in [1.54, 1.807) is 11.8 Å². The first kappa shape index (κ1) is 13.6. The van der Waals surface area contributed by atoms with Crippen molar-refractivity contribution in [3.05, 3.63) is 29.8 Å². The highest BCUT2D eigenvalue weighted by molar-refractivity contribution is 7.98. The second-order valence-electron chi connectivity index (χ2n) is 3.85. The summed E-state index contributed by atoms with van der Waals surface area (Å²) < 4.78 is 0. The topological polar surface area (TPSA) is 23.5 Å². The Bertz CT molecular complexity index is 280. The zero-order valence-corrected chi connectivity index (χ0v) is 11.0. The van der Waals surface area contributed by atoms with E-state index >= 15 is 0 Å². The third-order valence-corrected chi connectivity index (χ3v) is 3.26. The number of hydrogen-bond acceptors (Lipinski definition) is 3. The molecule has 16 heavy (non-hydrogen) atoms. The predicted octanol–water partition coefficient (Wildman–Crippen LogP) is 2.61. The molecule has 3 heteroatoms. The first-order valence-electron chi connectivity index (χ1n) is 5.76. The van der Waals surface area contributed by atoms with Crippen LogP contribution in [0.3, 0.4) is 0 Å². The molecule has 0 saturated carbocycles. The van der Waals surface area contributed by atoms with Gasteiger partial charge in [0.25, 0.3) is 0 Å². The molecular weight excluding hydrogens is 218 g/mol. The molecule has 0 spiro atoms. The summed E-state index contributed by atoms with van der Waals surface area (Å²) in [5.41, 5.74) is 1.32. The molecule has 0 aliphatic carbocycles. The number of rotatable bonds is 7. The molecule has 0 amide bonds. The van der Waals surface area contributed by atoms with Crippen molar-refractivity contribution in [2.24, 2.45) is 0 Å². The van der Waals surface area contributed by atoms with Crippen molar-refractivity contribution in [1.82, 2.24) is 4.90 Å². The van der Waals surface area contributed by atoms with E-state index in [4.69, 9.17) is 5.11 Å². The minimum absolute atomic E-state index is 0.239. The van der Waals surface area contributed by atoms with Crippen LogP contribution in [0.5, 0.6) is 0 Å². The van der Waals surface area contributed by atoms with Gasteiger partial charge in [-0.05, 0) is 36.9 Å². The lowest BCUT2D eigenvalue weighted by molar-refractivity contribution is 0.190. The van der Waals surface area contributed by atoms with Gasteiger partial charge >= 0.3 is 0 Å². The summed E-state index contributed by atoms with van der Waals surface area (Å²) in [4.78, 5) is 3.58. The Kier molecular flexibility index (Phi) is 6.53. The summed E-state index contributed by atoms with van der Waals surface area (Å²) >= 11 is 1.76. The maximum Gasteiger partial charge on any atom is 0.0558 e. The summed E-state index contributed by atoms with van der Waals surface area (Å²) in [5, 5.41) is 8.98. The fraction of sp³-hybridized carbons (Fsp3) is 0.538. The van der Waals surface area contributed by atoms with E-state index in [0.717, 1.165) is 26.1 Å². The average molecular weight is 239 g/mol. The molecule has 0 unspecified atom stereocenters. The Morgan fingerprint density at radius 1 is 1.19 bits per heavy atom. The average Bonchev–Trinajstić information content (AvgIpc) is 2.31. The lowest BCUT2D eigenvalue weighted by Crippen LogP contribution is -2.27. The van der Waals surface area contributed by atoms with Crippen LogP contribution >= 0.6 is 11.8 Å². The molecule has 1 aromatic rings. The number of nitrogens with zero attached hydrogens (tertiary/aromatic N) is 1. The summed E-state index contributed by atoms with van der Waals surface area (Å²) in [5.74, 6) is 0. The van der Waals surface area contributed by atoms with E-state index < -0.39 is 0 Å². The molecule has 0 fully saturated rings. The Balaban J connectivity index is 2.54. The minimum atomic E-state index is 0.239. The SMILES string of the molecule is CCCN(CCO)Cc1ccc(SC)cc1. The quantitative estimate of drug-likeness (QED) is 0.740. The Morgan fingerprint density at radius 3 is 2.38 bits per heavy atom. The molecule has 0 aromatic heterocycles. The highest BCUT2D eigenvalue weighted by Gasteiger charge is 2.03. The van der Waals surface area contributed by atoms with Gasteiger partial charge in [0.05, 0.1) is 6.61 Å². The molecule has 1 N–H and O–H groups in total. The second-order valence-corrected chi connectivity index (χ2v) is 4.73. The third-order valence-electron chi connectivity index (χ3n) is 2.52. The zero-order valence-electron chi connectivity index (χ0n) is 10.1. The van der Waals surface area contributed by atoms with Crippen molar-refractivity contribution < 1.29 is 5.11 Å². The Hall–Kier alpha value is -0.510. The highest BCUT2D eigenvalue weighted by atomic mass is 32.2. The smallest absolute Gasteiger partial charge is 0.0558 e. The van der Waals surface area contributed by atoms with Gasteiger partial charge in [-0.3, -0.25) is 4.90 Å². The Labute approximate surface area is 103 Å². The molecular formula is C13H21NOS. The van der Waals surface area contributed by atoms with Crippen LogP contribution in [0.25, 0.3) is 0 Å². The standard InChI is InChI=1S/C13H21NOS/c1-3-8-14(9-10-15)11-12-4-6-13(16-2)7-5-12/h4-7,15H,3,8-11H2,1-2H3. The van der Waals surface area contributed by atoms with Crippen LogP contribution in [0, 0.1) is 0 Å². The second kappa shape index (κ2) is 7.71. The summed E-state index contributed by atoms with van der Waals surface area (Å²) in [6, 6.07) is 8.66. The van der Waals surface area contributed by atoms with Gasteiger partial charge in [0, 0.05) is 18.0 Å². The van der Waals surface area contributed by atoms with Crippen LogP contribution in [0.2, 0.25) is 0 Å². The molecule has 0 saturated heterocycles. The van der Waals surface area contributed by atoms with Crippen molar-refractivity contribution >= 4 is 11.8 Å². The monoisotopic (exact) mass is 239 g/mol. The van der Waals surface area contributed by atoms with Crippen LogP contribution in [-0.2, 0) is 6.54 Å². The van der Waals surface area contributed by atoms with E-state index in [0.29, 0.717) is 0 Å². The summed E-state index contributed by atoms with van der Waals surface area (Å²) in [6.45, 7) is 5.15. The van der Waals surface area contributed by atoms with E-state index in [9.17, 15) is 0 Å². The summed E-state index contributed by atoms with van der Waals surface area (Å²) in [7, 11) is 0. The van der Waals surface area contributed by atoms with Crippen LogP contribution in [0.1, 0.15) is 18.9 Å². The molecule has 0 aliphatic heterocycles. The van der Waals surface area contributed by atoms with Crippen LogP contribution in [0.4, 0.5) is 0 Å². The molecule has 0 bridgehead atoms. The first-order valence-corrected chi connectivity index (χ1v) is 6.98. The Morgan fingerprint density at radius 2 is 1.88 bits per heavy atom. The molecule has 1 rings (SSSR count). The van der Waals surface area contributed by atoms with Gasteiger partial charge in [-0.15, -0.1) is 11.8 Å². The van der Waals surface area contributed by atoms with E-state index in [-0.39, 0.29) is 6.61 Å². The lowest BCUT2D eigenvalue weighted by Gasteiger charge is -2.20. The molecule has 0 radical (unpaired) electrons. The highest BCUT2D eigenvalue weighted by Crippen LogP contribution is 2.15. The van der Waals surface area contributed by atoms with Crippen LogP contribution in [0.15, 0.2) is 29.2 Å². The van der Waals surface area contributed by atoms with E-state index in [2.05, 4.69) is 42.3 Å². The largest absolute Gasteiger partial charge is 0.395 e. The number of hydrogen-bond donors (Lipinski definition) is 1. The maximum atomic E-state index is 8.98. The van der Waals surface area contributed by atoms with Gasteiger partial charge in [0.15, 0.2) is 0 Å². The molecule has 2 nitrogen and oxygen atoms in total. The van der Waals surface area contributed by atoms with Gasteiger partial charge in [-0.2, -0.15) is 0 Å². The lowest BCUT2D eigenvalue weighted by atomic mass is 10.2. The molecule has 0 aliphatic rings. The molecule has 90 valence electrons. The summed E-state index contributed by atoms with van der Waals surface area (Å²) in [6.07, 6.45) is 3.22. The van der Waals surface area contributed by atoms with Crippen molar-refractivity contribution in [2.45, 2.75) is 24.8 Å². The van der Waals surface area contributed by atoms with Gasteiger partial charge in [0.2, 0.25) is 0 Å². The number of aliphatic hydroxyl groups excluding tert-OH is 1. The first-order chi connectivity index (χ1) is 7.80. The van der Waals surface area contributed by atoms with Gasteiger partial charge < -0.3 is 5.11 Å². The van der Waals surface area contributed by atoms with Gasteiger partial charge in [-0.1, -0.05) is 19.1 Å². The van der Waals surface area contributed by atoms with Gasteiger partial charge in [0.1, 0.15) is 0 Å². The van der Waals surface area contributed by atoms with Crippen molar-refractivity contribution in [2.75, 3.05) is 26.0 Å². The fourth-order valence-electron chi connectivity index (χ4n) is 1.72. The van der Waals surface area contributed by atoms with Crippen molar-refractivity contribution in [3.8, 4) is 0 Å². The van der Waals surface area contributed by atoms with Crippen molar-refractivity contribution in [3.63, 3.8) is 0 Å². The number of thioether (sulfide) groups is 1. The normalized spacial score (nSPS) is 11.0. The number of aliphatic hydroxyl groups is 1. The van der Waals surface area contributed by atoms with E-state index in [1.807, 2.05) is 0 Å². The molecule has 0 heterocycles. The van der Waals surface area contributed by atoms with E-state index in [1.165, 1.54) is 10.5 Å². The molecule has 0 atom stereocenters. The maximum absolute atomic E-state index is 8.98. The minimum Gasteiger partial charge on any atom is -0.395 e. The van der Waals surface area contributed by atoms with Crippen LogP contribution in [-0.4, -0.2) is 36.0 Å². The van der Waals surface area contributed by atoms with Crippen LogP contribution < -0.4 is 0 Å². The zero-order chi connectivity index (χ0) is 11.8. The van der Waals surface area contributed by atoms with Gasteiger partial charge in [-0.25, -0.2) is 0 Å². The number of benzene rings is 1. The predicted molar refractivity (Wildman–Crippen MR) is 70.9 cm³/mol. The third kappa shape index (κ3) is 4.56.